The highest BCUT2D eigenvalue weighted by molar-refractivity contribution is 5.76. The molecule has 9 nitrogen and oxygen atoms in total. The third-order valence-corrected chi connectivity index (χ3v) is 6.28. The smallest absolute Gasteiger partial charge is 0.331 e. The largest absolute Gasteiger partial charge is 0.460 e. The summed E-state index contributed by atoms with van der Waals surface area (Å²) in [5.74, 6) is -1.82. The number of nitroso groups, excluding NO2 is 1. The molecule has 0 spiro atoms. The van der Waals surface area contributed by atoms with Crippen LogP contribution in [-0.4, -0.2) is 59.0 Å². The zero-order valence-corrected chi connectivity index (χ0v) is 21.1. The molecule has 13 heteroatoms. The van der Waals surface area contributed by atoms with Gasteiger partial charge in [0.05, 0.1) is 5.29 Å². The SMILES string of the molecule is NN1CCC(F)(F)CC1C(=O)OCc1ccccc1.O=NN1CCC(F)(F)CC1C(=O)OCc1ccccc1. The molecule has 2 heterocycles. The number of piperidine rings is 2. The van der Waals surface area contributed by atoms with E-state index in [1.165, 1.54) is 0 Å². The van der Waals surface area contributed by atoms with Crippen molar-refractivity contribution in [2.75, 3.05) is 13.1 Å². The number of carbonyl (C=O) groups excluding carboxylic acids is 2. The van der Waals surface area contributed by atoms with Crippen molar-refractivity contribution >= 4 is 11.9 Å². The fourth-order valence-electron chi connectivity index (χ4n) is 4.05. The number of ether oxygens (including phenoxy) is 2. The molecule has 2 aliphatic rings. The first-order chi connectivity index (χ1) is 18.5. The Bertz CT molecular complexity index is 1090. The van der Waals surface area contributed by atoms with Crippen LogP contribution in [0.3, 0.4) is 0 Å². The summed E-state index contributed by atoms with van der Waals surface area (Å²) >= 11 is 0. The van der Waals surface area contributed by atoms with Crippen molar-refractivity contribution < 1.29 is 36.6 Å². The lowest BCUT2D eigenvalue weighted by Gasteiger charge is -2.34. The fraction of sp³-hybridized carbons (Fsp3) is 0.462. The number of rotatable bonds is 7. The third kappa shape index (κ3) is 9.29. The van der Waals surface area contributed by atoms with E-state index in [4.69, 9.17) is 15.3 Å². The number of halogens is 4. The molecule has 0 aliphatic carbocycles. The Balaban J connectivity index is 0.000000216. The van der Waals surface area contributed by atoms with Crippen LogP contribution in [0.1, 0.15) is 36.8 Å². The van der Waals surface area contributed by atoms with E-state index >= 15 is 0 Å². The first-order valence-electron chi connectivity index (χ1n) is 12.3. The van der Waals surface area contributed by atoms with Crippen molar-refractivity contribution in [2.24, 2.45) is 11.1 Å². The normalized spacial score (nSPS) is 22.1. The van der Waals surface area contributed by atoms with Gasteiger partial charge in [0.25, 0.3) is 11.8 Å². The van der Waals surface area contributed by atoms with E-state index in [-0.39, 0.29) is 32.7 Å². The van der Waals surface area contributed by atoms with Gasteiger partial charge in [-0.25, -0.2) is 32.4 Å². The molecular formula is C26H30F4N4O5. The number of hydrogen-bond donors (Lipinski definition) is 1. The molecule has 0 radical (unpaired) electrons. The average Bonchev–Trinajstić information content (AvgIpc) is 2.93. The van der Waals surface area contributed by atoms with Crippen molar-refractivity contribution in [1.29, 1.82) is 0 Å². The molecule has 2 unspecified atom stereocenters. The van der Waals surface area contributed by atoms with E-state index in [9.17, 15) is 32.1 Å². The Kier molecular flexibility index (Phi) is 10.4. The van der Waals surface area contributed by atoms with Crippen molar-refractivity contribution in [1.82, 2.24) is 10.0 Å². The Morgan fingerprint density at radius 2 is 1.23 bits per heavy atom. The molecule has 0 bridgehead atoms. The summed E-state index contributed by atoms with van der Waals surface area (Å²) in [5, 5.41) is 4.57. The average molecular weight is 555 g/mol. The summed E-state index contributed by atoms with van der Waals surface area (Å²) in [6, 6.07) is 15.5. The van der Waals surface area contributed by atoms with Crippen molar-refractivity contribution in [3.8, 4) is 0 Å². The Labute approximate surface area is 222 Å². The van der Waals surface area contributed by atoms with Crippen molar-refractivity contribution in [3.05, 3.63) is 76.7 Å². The molecule has 0 saturated carbocycles. The molecule has 39 heavy (non-hydrogen) atoms. The second-order valence-electron chi connectivity index (χ2n) is 9.32. The summed E-state index contributed by atoms with van der Waals surface area (Å²) in [4.78, 5) is 34.2. The maximum absolute atomic E-state index is 13.3. The molecule has 2 fully saturated rings. The van der Waals surface area contributed by atoms with Gasteiger partial charge in [0.15, 0.2) is 6.04 Å². The number of hydrogen-bond acceptors (Lipinski definition) is 8. The van der Waals surface area contributed by atoms with Crippen LogP contribution in [0, 0.1) is 4.91 Å². The van der Waals surface area contributed by atoms with E-state index in [1.807, 2.05) is 24.3 Å². The first kappa shape index (κ1) is 30.0. The number of benzene rings is 2. The molecule has 2 atom stereocenters. The summed E-state index contributed by atoms with van der Waals surface area (Å²) in [6.07, 6.45) is -2.14. The number of hydrazine groups is 1. The van der Waals surface area contributed by atoms with Gasteiger partial charge < -0.3 is 9.47 Å². The fourth-order valence-corrected chi connectivity index (χ4v) is 4.05. The van der Waals surface area contributed by atoms with Gasteiger partial charge in [0.2, 0.25) is 0 Å². The van der Waals surface area contributed by atoms with E-state index in [0.29, 0.717) is 0 Å². The summed E-state index contributed by atoms with van der Waals surface area (Å²) in [6.45, 7) is -0.219. The molecule has 212 valence electrons. The van der Waals surface area contributed by atoms with E-state index in [0.717, 1.165) is 21.1 Å². The van der Waals surface area contributed by atoms with Crippen LogP contribution < -0.4 is 5.84 Å². The third-order valence-electron chi connectivity index (χ3n) is 6.28. The quantitative estimate of drug-likeness (QED) is 0.234. The van der Waals surface area contributed by atoms with Crippen LogP contribution in [-0.2, 0) is 32.3 Å². The van der Waals surface area contributed by atoms with Crippen LogP contribution in [0.5, 0.6) is 0 Å². The number of carbonyl (C=O) groups is 2. The first-order valence-corrected chi connectivity index (χ1v) is 12.3. The molecule has 2 aliphatic heterocycles. The maximum atomic E-state index is 13.3. The van der Waals surface area contributed by atoms with Crippen LogP contribution >= 0.6 is 0 Å². The van der Waals surface area contributed by atoms with Crippen LogP contribution in [0.15, 0.2) is 65.9 Å². The molecule has 0 amide bonds. The highest BCUT2D eigenvalue weighted by Gasteiger charge is 2.45. The minimum Gasteiger partial charge on any atom is -0.460 e. The van der Waals surface area contributed by atoms with Gasteiger partial charge in [-0.3, -0.25) is 10.6 Å². The van der Waals surface area contributed by atoms with Crippen molar-refractivity contribution in [3.63, 3.8) is 0 Å². The van der Waals surface area contributed by atoms with Crippen molar-refractivity contribution in [2.45, 2.75) is 62.8 Å². The van der Waals surface area contributed by atoms with E-state index in [2.05, 4.69) is 5.29 Å². The molecule has 2 N–H and O–H groups in total. The summed E-state index contributed by atoms with van der Waals surface area (Å²) < 4.78 is 63.2. The molecule has 4 rings (SSSR count). The highest BCUT2D eigenvalue weighted by atomic mass is 19.3. The summed E-state index contributed by atoms with van der Waals surface area (Å²) in [5.41, 5.74) is 1.55. The second-order valence-corrected chi connectivity index (χ2v) is 9.32. The molecule has 0 aromatic heterocycles. The van der Waals surface area contributed by atoms with Gasteiger partial charge in [-0.1, -0.05) is 60.7 Å². The minimum absolute atomic E-state index is 0.0158. The predicted octanol–water partition coefficient (Wildman–Crippen LogP) is 4.21. The molecule has 2 aromatic rings. The van der Waals surface area contributed by atoms with Gasteiger partial charge in [-0.15, -0.1) is 4.91 Å². The minimum atomic E-state index is -2.97. The van der Waals surface area contributed by atoms with E-state index in [1.54, 1.807) is 36.4 Å². The lowest BCUT2D eigenvalue weighted by molar-refractivity contribution is -0.162. The Hall–Kier alpha value is -3.58. The van der Waals surface area contributed by atoms with Gasteiger partial charge in [-0.2, -0.15) is 0 Å². The van der Waals surface area contributed by atoms with Crippen LogP contribution in [0.25, 0.3) is 0 Å². The lowest BCUT2D eigenvalue weighted by Crippen LogP contribution is -2.54. The monoisotopic (exact) mass is 554 g/mol. The standard InChI is InChI=1S/C13H14F2N2O3.C13H16F2N2O2/c14-13(15)6-7-17(16-19)11(8-13)12(18)20-9-10-4-2-1-3-5-10;14-13(15)6-7-17(16)11(8-13)12(18)19-9-10-4-2-1-3-5-10/h1-5,11H,6-9H2;1-5,11H,6-9,16H2. The number of alkyl halides is 4. The van der Waals surface area contributed by atoms with Crippen LogP contribution in [0.4, 0.5) is 17.6 Å². The van der Waals surface area contributed by atoms with Gasteiger partial charge in [0.1, 0.15) is 19.3 Å². The lowest BCUT2D eigenvalue weighted by atomic mass is 10.0. The van der Waals surface area contributed by atoms with Crippen LogP contribution in [0.2, 0.25) is 0 Å². The van der Waals surface area contributed by atoms with E-state index < -0.39 is 55.1 Å². The Morgan fingerprint density at radius 3 is 1.72 bits per heavy atom. The molecular weight excluding hydrogens is 524 g/mol. The topological polar surface area (TPSA) is 115 Å². The summed E-state index contributed by atoms with van der Waals surface area (Å²) in [7, 11) is 0. The van der Waals surface area contributed by atoms with Gasteiger partial charge in [0, 0.05) is 38.8 Å². The number of nitrogens with zero attached hydrogens (tertiary/aromatic N) is 3. The number of esters is 2. The molecule has 2 saturated heterocycles. The second kappa shape index (κ2) is 13.5. The Morgan fingerprint density at radius 1 is 0.795 bits per heavy atom. The molecule has 2 aromatic carbocycles. The number of nitrogens with two attached hydrogens (primary N) is 1. The highest BCUT2D eigenvalue weighted by Crippen LogP contribution is 2.33. The zero-order valence-electron chi connectivity index (χ0n) is 21.1. The van der Waals surface area contributed by atoms with Gasteiger partial charge >= 0.3 is 11.9 Å². The van der Waals surface area contributed by atoms with Gasteiger partial charge in [-0.05, 0) is 11.1 Å². The maximum Gasteiger partial charge on any atom is 0.331 e. The zero-order chi connectivity index (χ0) is 28.5. The predicted molar refractivity (Wildman–Crippen MR) is 132 cm³/mol.